The summed E-state index contributed by atoms with van der Waals surface area (Å²) in [5, 5.41) is 0. The first-order chi connectivity index (χ1) is 8.15. The molecule has 0 bridgehead atoms. The van der Waals surface area contributed by atoms with Gasteiger partial charge in [-0.15, -0.1) is 0 Å². The van der Waals surface area contributed by atoms with Gasteiger partial charge in [-0.05, 0) is 52.9 Å². The first-order valence-corrected chi connectivity index (χ1v) is 6.94. The number of nitrogen functional groups attached to an aromatic ring is 1. The third kappa shape index (κ3) is 3.61. The van der Waals surface area contributed by atoms with E-state index in [9.17, 15) is 0 Å². The van der Waals surface area contributed by atoms with Gasteiger partial charge in [-0.1, -0.05) is 28.1 Å². The van der Waals surface area contributed by atoms with Crippen LogP contribution in [0.2, 0.25) is 0 Å². The number of nitrogens with two attached hydrogens (primary N) is 1. The fourth-order valence-electron chi connectivity index (χ4n) is 1.42. The average Bonchev–Trinajstić information content (AvgIpc) is 2.28. The molecule has 2 aromatic rings. The largest absolute Gasteiger partial charge is 0.489 e. The van der Waals surface area contributed by atoms with Crippen LogP contribution in [0.15, 0.2) is 46.9 Å². The number of halogens is 2. The molecule has 17 heavy (non-hydrogen) atoms. The van der Waals surface area contributed by atoms with Crippen LogP contribution in [0.3, 0.4) is 0 Å². The maximum atomic E-state index is 5.90. The Kier molecular flexibility index (Phi) is 4.28. The van der Waals surface area contributed by atoms with Crippen molar-refractivity contribution >= 4 is 44.2 Å². The maximum absolute atomic E-state index is 5.90. The van der Waals surface area contributed by atoms with Crippen molar-refractivity contribution in [1.82, 2.24) is 0 Å². The second kappa shape index (κ2) is 5.73. The number of hydrogen-bond acceptors (Lipinski definition) is 2. The molecule has 2 N–H and O–H groups in total. The molecular weight excluding hydrogens is 393 g/mol. The standard InChI is InChI=1S/C13H11BrINO/c14-10-5-4-9(13(16)6-10)8-17-12-3-1-2-11(15)7-12/h1-7H,8,16H2. The Labute approximate surface area is 122 Å². The summed E-state index contributed by atoms with van der Waals surface area (Å²) in [6.07, 6.45) is 0. The molecule has 0 radical (unpaired) electrons. The normalized spacial score (nSPS) is 10.2. The van der Waals surface area contributed by atoms with Crippen LogP contribution in [0.5, 0.6) is 5.75 Å². The highest BCUT2D eigenvalue weighted by Crippen LogP contribution is 2.21. The Morgan fingerprint density at radius 2 is 2.00 bits per heavy atom. The molecule has 2 aromatic carbocycles. The molecule has 2 nitrogen and oxygen atoms in total. The SMILES string of the molecule is Nc1cc(Br)ccc1COc1cccc(I)c1. The summed E-state index contributed by atoms with van der Waals surface area (Å²) < 4.78 is 7.83. The molecule has 0 aliphatic heterocycles. The highest BCUT2D eigenvalue weighted by Gasteiger charge is 2.01. The first-order valence-electron chi connectivity index (χ1n) is 5.07. The Bertz CT molecular complexity index is 531. The van der Waals surface area contributed by atoms with E-state index in [1.54, 1.807) is 0 Å². The number of anilines is 1. The zero-order valence-electron chi connectivity index (χ0n) is 8.99. The van der Waals surface area contributed by atoms with Gasteiger partial charge in [0.1, 0.15) is 12.4 Å². The maximum Gasteiger partial charge on any atom is 0.120 e. The van der Waals surface area contributed by atoms with Crippen LogP contribution in [0, 0.1) is 3.57 Å². The van der Waals surface area contributed by atoms with Gasteiger partial charge in [-0.2, -0.15) is 0 Å². The number of rotatable bonds is 3. The van der Waals surface area contributed by atoms with Crippen LogP contribution in [-0.2, 0) is 6.61 Å². The van der Waals surface area contributed by atoms with Crippen LogP contribution in [-0.4, -0.2) is 0 Å². The number of benzene rings is 2. The fraction of sp³-hybridized carbons (Fsp3) is 0.0769. The first kappa shape index (κ1) is 12.7. The quantitative estimate of drug-likeness (QED) is 0.615. The molecule has 0 heterocycles. The molecular formula is C13H11BrINO. The van der Waals surface area contributed by atoms with Crippen molar-refractivity contribution in [3.8, 4) is 5.75 Å². The second-order valence-corrected chi connectivity index (χ2v) is 5.75. The molecule has 88 valence electrons. The van der Waals surface area contributed by atoms with Gasteiger partial charge in [0, 0.05) is 19.3 Å². The molecule has 0 spiro atoms. The van der Waals surface area contributed by atoms with Crippen LogP contribution in [0.1, 0.15) is 5.56 Å². The monoisotopic (exact) mass is 403 g/mol. The van der Waals surface area contributed by atoms with Crippen molar-refractivity contribution in [1.29, 1.82) is 0 Å². The van der Waals surface area contributed by atoms with Crippen LogP contribution < -0.4 is 10.5 Å². The minimum atomic E-state index is 0.485. The Hall–Kier alpha value is -0.750. The van der Waals surface area contributed by atoms with E-state index in [1.165, 1.54) is 0 Å². The van der Waals surface area contributed by atoms with E-state index in [0.717, 1.165) is 25.0 Å². The van der Waals surface area contributed by atoms with Gasteiger partial charge >= 0.3 is 0 Å². The summed E-state index contributed by atoms with van der Waals surface area (Å²) in [4.78, 5) is 0. The topological polar surface area (TPSA) is 35.2 Å². The fourth-order valence-corrected chi connectivity index (χ4v) is 2.31. The lowest BCUT2D eigenvalue weighted by molar-refractivity contribution is 0.306. The molecule has 0 saturated heterocycles. The van der Waals surface area contributed by atoms with E-state index >= 15 is 0 Å². The van der Waals surface area contributed by atoms with Gasteiger partial charge in [-0.25, -0.2) is 0 Å². The van der Waals surface area contributed by atoms with E-state index in [4.69, 9.17) is 10.5 Å². The summed E-state index contributed by atoms with van der Waals surface area (Å²) in [6, 6.07) is 13.8. The average molecular weight is 404 g/mol. The molecule has 0 aliphatic rings. The van der Waals surface area contributed by atoms with E-state index in [2.05, 4.69) is 38.5 Å². The van der Waals surface area contributed by atoms with Crippen molar-refractivity contribution in [3.05, 3.63) is 56.1 Å². The van der Waals surface area contributed by atoms with E-state index in [0.29, 0.717) is 6.61 Å². The predicted octanol–water partition coefficient (Wildman–Crippen LogP) is 4.21. The molecule has 2 rings (SSSR count). The van der Waals surface area contributed by atoms with Crippen molar-refractivity contribution < 1.29 is 4.74 Å². The number of hydrogen-bond donors (Lipinski definition) is 1. The van der Waals surface area contributed by atoms with Crippen molar-refractivity contribution in [2.45, 2.75) is 6.61 Å². The number of ether oxygens (including phenoxy) is 1. The van der Waals surface area contributed by atoms with Crippen LogP contribution in [0.25, 0.3) is 0 Å². The molecule has 0 saturated carbocycles. The lowest BCUT2D eigenvalue weighted by Crippen LogP contribution is -2.00. The Morgan fingerprint density at radius 3 is 2.71 bits per heavy atom. The zero-order valence-corrected chi connectivity index (χ0v) is 12.7. The van der Waals surface area contributed by atoms with Gasteiger partial charge < -0.3 is 10.5 Å². The van der Waals surface area contributed by atoms with Gasteiger partial charge in [0.25, 0.3) is 0 Å². The zero-order chi connectivity index (χ0) is 12.3. The third-order valence-electron chi connectivity index (χ3n) is 2.30. The van der Waals surface area contributed by atoms with Gasteiger partial charge in [0.15, 0.2) is 0 Å². The molecule has 0 aliphatic carbocycles. The second-order valence-electron chi connectivity index (χ2n) is 3.59. The summed E-state index contributed by atoms with van der Waals surface area (Å²) >= 11 is 5.64. The smallest absolute Gasteiger partial charge is 0.120 e. The Balaban J connectivity index is 2.07. The highest BCUT2D eigenvalue weighted by atomic mass is 127. The van der Waals surface area contributed by atoms with Crippen LogP contribution >= 0.6 is 38.5 Å². The molecule has 0 atom stereocenters. The molecule has 0 unspecified atom stereocenters. The summed E-state index contributed by atoms with van der Waals surface area (Å²) in [7, 11) is 0. The van der Waals surface area contributed by atoms with E-state index in [1.807, 2.05) is 42.5 Å². The lowest BCUT2D eigenvalue weighted by Gasteiger charge is -2.09. The molecule has 0 fully saturated rings. The van der Waals surface area contributed by atoms with Gasteiger partial charge in [-0.3, -0.25) is 0 Å². The van der Waals surface area contributed by atoms with Gasteiger partial charge in [0.05, 0.1) is 0 Å². The van der Waals surface area contributed by atoms with E-state index < -0.39 is 0 Å². The van der Waals surface area contributed by atoms with Crippen LogP contribution in [0.4, 0.5) is 5.69 Å². The predicted molar refractivity (Wildman–Crippen MR) is 82.0 cm³/mol. The lowest BCUT2D eigenvalue weighted by atomic mass is 10.2. The summed E-state index contributed by atoms with van der Waals surface area (Å²) in [5.74, 6) is 0.860. The Morgan fingerprint density at radius 1 is 1.18 bits per heavy atom. The van der Waals surface area contributed by atoms with Crippen molar-refractivity contribution in [2.24, 2.45) is 0 Å². The molecule has 0 aromatic heterocycles. The van der Waals surface area contributed by atoms with Crippen molar-refractivity contribution in [2.75, 3.05) is 5.73 Å². The summed E-state index contributed by atoms with van der Waals surface area (Å²) in [5.41, 5.74) is 7.64. The molecule has 4 heteroatoms. The minimum absolute atomic E-state index is 0.485. The van der Waals surface area contributed by atoms with E-state index in [-0.39, 0.29) is 0 Å². The van der Waals surface area contributed by atoms with Gasteiger partial charge in [0.2, 0.25) is 0 Å². The third-order valence-corrected chi connectivity index (χ3v) is 3.46. The molecule has 0 amide bonds. The minimum Gasteiger partial charge on any atom is -0.489 e. The summed E-state index contributed by atoms with van der Waals surface area (Å²) in [6.45, 7) is 0.485. The highest BCUT2D eigenvalue weighted by molar-refractivity contribution is 14.1. The van der Waals surface area contributed by atoms with Crippen molar-refractivity contribution in [3.63, 3.8) is 0 Å².